The van der Waals surface area contributed by atoms with Crippen LogP contribution >= 0.6 is 0 Å². The third-order valence-electron chi connectivity index (χ3n) is 6.28. The van der Waals surface area contributed by atoms with Crippen LogP contribution in [0.3, 0.4) is 0 Å². The molecule has 0 bridgehead atoms. The van der Waals surface area contributed by atoms with Crippen molar-refractivity contribution in [1.82, 2.24) is 14.9 Å². The third kappa shape index (κ3) is 6.91. The molecule has 2 heterocycles. The van der Waals surface area contributed by atoms with Gasteiger partial charge in [-0.2, -0.15) is 18.2 Å². The zero-order valence-electron chi connectivity index (χ0n) is 22.0. The fraction of sp³-hybridized carbons (Fsp3) is 0.296. The van der Waals surface area contributed by atoms with Crippen molar-refractivity contribution in [2.45, 2.75) is 19.3 Å². The van der Waals surface area contributed by atoms with Gasteiger partial charge >= 0.3 is 6.18 Å². The lowest BCUT2D eigenvalue weighted by Crippen LogP contribution is -2.48. The van der Waals surface area contributed by atoms with Crippen LogP contribution in [0, 0.1) is 0 Å². The summed E-state index contributed by atoms with van der Waals surface area (Å²) in [6, 6.07) is 11.8. The van der Waals surface area contributed by atoms with Crippen LogP contribution in [0.2, 0.25) is 0 Å². The van der Waals surface area contributed by atoms with Crippen molar-refractivity contribution < 1.29 is 27.8 Å². The van der Waals surface area contributed by atoms with Crippen LogP contribution in [0.4, 0.5) is 47.7 Å². The number of aliphatic hydroxyl groups is 1. The summed E-state index contributed by atoms with van der Waals surface area (Å²) >= 11 is 0. The van der Waals surface area contributed by atoms with Crippen molar-refractivity contribution in [3.8, 4) is 5.75 Å². The smallest absolute Gasteiger partial charge is 0.421 e. The minimum atomic E-state index is -4.71. The molecule has 1 amide bonds. The van der Waals surface area contributed by atoms with Gasteiger partial charge in [-0.05, 0) is 36.4 Å². The number of hydrogen-bond acceptors (Lipinski definition) is 9. The number of nitrogens with one attached hydrogen (secondary N) is 3. The van der Waals surface area contributed by atoms with Crippen LogP contribution < -0.4 is 25.6 Å². The Morgan fingerprint density at radius 3 is 2.50 bits per heavy atom. The van der Waals surface area contributed by atoms with Crippen molar-refractivity contribution in [3.05, 3.63) is 66.9 Å². The number of nitrogens with zero attached hydrogens (tertiary/aromatic N) is 4. The Labute approximate surface area is 229 Å². The maximum Gasteiger partial charge on any atom is 0.421 e. The number of carbonyl (C=O) groups is 1. The second kappa shape index (κ2) is 12.1. The molecule has 1 unspecified atom stereocenters. The topological polar surface area (TPSA) is 115 Å². The van der Waals surface area contributed by atoms with E-state index in [1.807, 2.05) is 12.1 Å². The molecular formula is C27H30F3N7O3. The number of aromatic nitrogens is 2. The summed E-state index contributed by atoms with van der Waals surface area (Å²) in [5, 5.41) is 18.1. The van der Waals surface area contributed by atoms with Crippen molar-refractivity contribution >= 4 is 40.4 Å². The molecule has 0 aliphatic carbocycles. The van der Waals surface area contributed by atoms with Gasteiger partial charge in [0.15, 0.2) is 0 Å². The Hall–Kier alpha value is -4.52. The van der Waals surface area contributed by atoms with Crippen LogP contribution in [0.15, 0.2) is 61.3 Å². The average molecular weight is 558 g/mol. The highest BCUT2D eigenvalue weighted by atomic mass is 19.4. The maximum absolute atomic E-state index is 13.8. The Kier molecular flexibility index (Phi) is 8.63. The Bertz CT molecular complexity index is 1360. The van der Waals surface area contributed by atoms with Gasteiger partial charge < -0.3 is 35.6 Å². The molecule has 212 valence electrons. The second-order valence-electron chi connectivity index (χ2n) is 8.99. The number of rotatable bonds is 9. The molecule has 1 atom stereocenters. The van der Waals surface area contributed by atoms with Crippen LogP contribution in [-0.2, 0) is 11.0 Å². The number of hydrogen-bond donors (Lipinski definition) is 4. The van der Waals surface area contributed by atoms with Gasteiger partial charge in [0.1, 0.15) is 23.4 Å². The molecule has 1 fully saturated rings. The molecule has 1 aromatic heterocycles. The molecule has 40 heavy (non-hydrogen) atoms. The number of aliphatic hydroxyl groups excluding tert-OH is 1. The fourth-order valence-electron chi connectivity index (χ4n) is 4.18. The highest BCUT2D eigenvalue weighted by Crippen LogP contribution is 2.37. The first-order chi connectivity index (χ1) is 19.1. The minimum Gasteiger partial charge on any atom is -0.494 e. The van der Waals surface area contributed by atoms with Gasteiger partial charge in [0.05, 0.1) is 12.8 Å². The summed E-state index contributed by atoms with van der Waals surface area (Å²) in [5.74, 6) is -0.0413. The average Bonchev–Trinajstić information content (AvgIpc) is 2.93. The van der Waals surface area contributed by atoms with Gasteiger partial charge in [-0.3, -0.25) is 4.79 Å². The molecule has 1 aliphatic rings. The van der Waals surface area contributed by atoms with Gasteiger partial charge in [0.2, 0.25) is 11.9 Å². The highest BCUT2D eigenvalue weighted by molar-refractivity contribution is 5.74. The van der Waals surface area contributed by atoms with Crippen molar-refractivity contribution in [2.24, 2.45) is 0 Å². The largest absolute Gasteiger partial charge is 0.494 e. The molecule has 2 aromatic carbocycles. The number of alkyl halides is 3. The Morgan fingerprint density at radius 2 is 1.85 bits per heavy atom. The highest BCUT2D eigenvalue weighted by Gasteiger charge is 2.35. The summed E-state index contributed by atoms with van der Waals surface area (Å²) in [7, 11) is 1.49. The normalized spacial score (nSPS) is 14.3. The number of anilines is 6. The molecule has 0 radical (unpaired) electrons. The molecule has 10 nitrogen and oxygen atoms in total. The summed E-state index contributed by atoms with van der Waals surface area (Å²) < 4.78 is 46.8. The molecule has 13 heteroatoms. The molecule has 4 rings (SSSR count). The molecular weight excluding hydrogens is 527 g/mol. The van der Waals surface area contributed by atoms with E-state index < -0.39 is 23.8 Å². The first-order valence-electron chi connectivity index (χ1n) is 12.4. The molecule has 3 aromatic rings. The number of ether oxygens (including phenoxy) is 1. The van der Waals surface area contributed by atoms with Gasteiger partial charge in [0.25, 0.3) is 0 Å². The second-order valence-corrected chi connectivity index (χ2v) is 8.99. The monoisotopic (exact) mass is 557 g/mol. The number of halogens is 3. The van der Waals surface area contributed by atoms with E-state index in [0.717, 1.165) is 5.69 Å². The van der Waals surface area contributed by atoms with E-state index in [1.54, 1.807) is 36.1 Å². The van der Waals surface area contributed by atoms with E-state index in [9.17, 15) is 23.1 Å². The van der Waals surface area contributed by atoms with E-state index in [-0.39, 0.29) is 11.9 Å². The first-order valence-corrected chi connectivity index (χ1v) is 12.4. The number of carbonyl (C=O) groups excluding carboxylic acids is 1. The fourth-order valence-corrected chi connectivity index (χ4v) is 4.18. The standard InChI is InChI=1S/C27H30F3N7O3/c1-4-24(39)32-18-6-5-7-19(14-18)33-25-21(27(28,29)30)16-31-26(35-25)34-22-9-8-20(15-23(22)40-3)37-12-10-36(11-13-37)17(2)38/h4-9,14-16,24,32,39H,1,10-13H2,2-3H3,(H2,31,33,34,35). The lowest BCUT2D eigenvalue weighted by molar-refractivity contribution is -0.137. The predicted octanol–water partition coefficient (Wildman–Crippen LogP) is 4.58. The summed E-state index contributed by atoms with van der Waals surface area (Å²) in [4.78, 5) is 23.5. The number of benzene rings is 2. The van der Waals surface area contributed by atoms with E-state index in [0.29, 0.717) is 55.2 Å². The van der Waals surface area contributed by atoms with E-state index in [1.165, 1.54) is 19.3 Å². The summed E-state index contributed by atoms with van der Waals surface area (Å²) in [5.41, 5.74) is 1.07. The summed E-state index contributed by atoms with van der Waals surface area (Å²) in [6.45, 7) is 7.58. The molecule has 0 saturated carbocycles. The van der Waals surface area contributed by atoms with E-state index in [4.69, 9.17) is 4.74 Å². The van der Waals surface area contributed by atoms with Gasteiger partial charge in [-0.15, -0.1) is 0 Å². The Morgan fingerprint density at radius 1 is 1.12 bits per heavy atom. The van der Waals surface area contributed by atoms with E-state index in [2.05, 4.69) is 37.4 Å². The SMILES string of the molecule is C=CC(O)Nc1cccc(Nc2nc(Nc3ccc(N4CCN(C(C)=O)CC4)cc3OC)ncc2C(F)(F)F)c1. The van der Waals surface area contributed by atoms with Crippen LogP contribution in [-0.4, -0.2) is 65.4 Å². The number of methoxy groups -OCH3 is 1. The van der Waals surface area contributed by atoms with Gasteiger partial charge in [-0.25, -0.2) is 4.98 Å². The minimum absolute atomic E-state index is 0.0399. The zero-order valence-corrected chi connectivity index (χ0v) is 22.0. The van der Waals surface area contributed by atoms with Gasteiger partial charge in [-0.1, -0.05) is 12.6 Å². The van der Waals surface area contributed by atoms with Crippen LogP contribution in [0.5, 0.6) is 5.75 Å². The summed E-state index contributed by atoms with van der Waals surface area (Å²) in [6.07, 6.45) is -3.75. The lowest BCUT2D eigenvalue weighted by Gasteiger charge is -2.35. The quantitative estimate of drug-likeness (QED) is 0.222. The maximum atomic E-state index is 13.8. The lowest BCUT2D eigenvalue weighted by atomic mass is 10.2. The van der Waals surface area contributed by atoms with Crippen LogP contribution in [0.1, 0.15) is 12.5 Å². The van der Waals surface area contributed by atoms with Gasteiger partial charge in [0, 0.05) is 62.4 Å². The van der Waals surface area contributed by atoms with Crippen LogP contribution in [0.25, 0.3) is 0 Å². The molecule has 0 spiro atoms. The molecule has 4 N–H and O–H groups in total. The van der Waals surface area contributed by atoms with E-state index >= 15 is 0 Å². The zero-order chi connectivity index (χ0) is 28.9. The predicted molar refractivity (Wildman–Crippen MR) is 147 cm³/mol. The Balaban J connectivity index is 1.56. The van der Waals surface area contributed by atoms with Crippen molar-refractivity contribution in [3.63, 3.8) is 0 Å². The van der Waals surface area contributed by atoms with Crippen molar-refractivity contribution in [1.29, 1.82) is 0 Å². The molecule has 1 aliphatic heterocycles. The number of piperazine rings is 1. The molecule has 1 saturated heterocycles. The van der Waals surface area contributed by atoms with Crippen molar-refractivity contribution in [2.75, 3.05) is 54.1 Å². The number of amides is 1. The third-order valence-corrected chi connectivity index (χ3v) is 6.28. The first kappa shape index (κ1) is 28.5.